The molecule has 4 nitrogen and oxygen atoms in total. The van der Waals surface area contributed by atoms with Gasteiger partial charge in [0.25, 0.3) is 0 Å². The van der Waals surface area contributed by atoms with E-state index in [1.807, 2.05) is 0 Å². The van der Waals surface area contributed by atoms with Crippen molar-refractivity contribution in [1.29, 1.82) is 0 Å². The highest BCUT2D eigenvalue weighted by Gasteiger charge is 2.21. The Labute approximate surface area is 118 Å². The first-order chi connectivity index (χ1) is 7.62. The van der Waals surface area contributed by atoms with Crippen LogP contribution in [0.25, 0.3) is 0 Å². The molecule has 0 fully saturated rings. The third-order valence-electron chi connectivity index (χ3n) is 1.90. The first-order valence-electron chi connectivity index (χ1n) is 4.85. The van der Waals surface area contributed by atoms with Gasteiger partial charge in [-0.05, 0) is 48.0 Å². The first kappa shape index (κ1) is 15.1. The maximum Gasteiger partial charge on any atom is 0.241 e. The van der Waals surface area contributed by atoms with E-state index in [2.05, 4.69) is 36.6 Å². The van der Waals surface area contributed by atoms with Crippen molar-refractivity contribution in [2.45, 2.75) is 24.3 Å². The Kier molecular flexibility index (Phi) is 4.76. The lowest BCUT2D eigenvalue weighted by molar-refractivity contribution is 0.497. The van der Waals surface area contributed by atoms with Crippen LogP contribution in [0.1, 0.15) is 13.8 Å². The highest BCUT2D eigenvalue weighted by molar-refractivity contribution is 9.11. The lowest BCUT2D eigenvalue weighted by atomic mass is 10.1. The number of nitrogens with one attached hydrogen (secondary N) is 1. The Hall–Kier alpha value is 0.0500. The number of hydrogen-bond donors (Lipinski definition) is 2. The molecule has 1 rings (SSSR count). The summed E-state index contributed by atoms with van der Waals surface area (Å²) in [4.78, 5) is 0.191. The van der Waals surface area contributed by atoms with Gasteiger partial charge < -0.3 is 5.73 Å². The van der Waals surface area contributed by atoms with Crippen molar-refractivity contribution in [1.82, 2.24) is 4.72 Å². The average Bonchev–Trinajstić information content (AvgIpc) is 2.18. The first-order valence-corrected chi connectivity index (χ1v) is 7.92. The van der Waals surface area contributed by atoms with Gasteiger partial charge >= 0.3 is 0 Å². The van der Waals surface area contributed by atoms with Gasteiger partial charge in [-0.1, -0.05) is 15.9 Å². The molecule has 0 amide bonds. The molecular weight excluding hydrogens is 372 g/mol. The van der Waals surface area contributed by atoms with Crippen LogP contribution in [0.4, 0.5) is 0 Å². The topological polar surface area (TPSA) is 72.2 Å². The fourth-order valence-electron chi connectivity index (χ4n) is 1.04. The number of rotatable bonds is 4. The summed E-state index contributed by atoms with van der Waals surface area (Å²) in [5.41, 5.74) is 5.15. The predicted octanol–water partition coefficient (Wildman–Crippen LogP) is 2.23. The second-order valence-corrected chi connectivity index (χ2v) is 7.89. The smallest absolute Gasteiger partial charge is 0.241 e. The van der Waals surface area contributed by atoms with E-state index in [1.165, 1.54) is 6.07 Å². The van der Waals surface area contributed by atoms with Gasteiger partial charge in [-0.2, -0.15) is 0 Å². The fourth-order valence-corrected chi connectivity index (χ4v) is 3.76. The summed E-state index contributed by atoms with van der Waals surface area (Å²) in [7, 11) is -3.55. The standard InChI is InChI=1S/C10H14Br2N2O2S/c1-10(2,13)6-14-17(15,16)9-5-7(11)3-4-8(9)12/h3-5,14H,6,13H2,1-2H3. The molecule has 0 bridgehead atoms. The van der Waals surface area contributed by atoms with Crippen molar-refractivity contribution in [3.05, 3.63) is 27.1 Å². The van der Waals surface area contributed by atoms with Gasteiger partial charge in [0.2, 0.25) is 10.0 Å². The van der Waals surface area contributed by atoms with E-state index in [0.717, 1.165) is 0 Å². The molecule has 96 valence electrons. The van der Waals surface area contributed by atoms with E-state index in [9.17, 15) is 8.42 Å². The number of benzene rings is 1. The molecular formula is C10H14Br2N2O2S. The van der Waals surface area contributed by atoms with Crippen molar-refractivity contribution in [3.63, 3.8) is 0 Å². The zero-order chi connectivity index (χ0) is 13.3. The summed E-state index contributed by atoms with van der Waals surface area (Å²) < 4.78 is 27.8. The van der Waals surface area contributed by atoms with E-state index in [1.54, 1.807) is 26.0 Å². The van der Waals surface area contributed by atoms with Gasteiger partial charge in [0.15, 0.2) is 0 Å². The second-order valence-electron chi connectivity index (χ2n) is 4.39. The third kappa shape index (κ3) is 4.67. The summed E-state index contributed by atoms with van der Waals surface area (Å²) >= 11 is 6.46. The maximum atomic E-state index is 12.0. The van der Waals surface area contributed by atoms with Gasteiger partial charge in [-0.3, -0.25) is 0 Å². The number of hydrogen-bond acceptors (Lipinski definition) is 3. The van der Waals surface area contributed by atoms with Gasteiger partial charge in [0.05, 0.1) is 4.90 Å². The SMILES string of the molecule is CC(C)(N)CNS(=O)(=O)c1cc(Br)ccc1Br. The van der Waals surface area contributed by atoms with Crippen LogP contribution in [0.3, 0.4) is 0 Å². The van der Waals surface area contributed by atoms with Gasteiger partial charge in [-0.15, -0.1) is 0 Å². The fraction of sp³-hybridized carbons (Fsp3) is 0.400. The maximum absolute atomic E-state index is 12.0. The Morgan fingerprint density at radius 2 is 1.94 bits per heavy atom. The monoisotopic (exact) mass is 384 g/mol. The molecule has 17 heavy (non-hydrogen) atoms. The molecule has 1 aromatic rings. The summed E-state index contributed by atoms with van der Waals surface area (Å²) in [5, 5.41) is 0. The summed E-state index contributed by atoms with van der Waals surface area (Å²) in [6, 6.07) is 4.97. The summed E-state index contributed by atoms with van der Waals surface area (Å²) in [6.07, 6.45) is 0. The molecule has 0 saturated heterocycles. The van der Waals surface area contributed by atoms with Crippen molar-refractivity contribution in [2.24, 2.45) is 5.73 Å². The van der Waals surface area contributed by atoms with E-state index < -0.39 is 15.6 Å². The van der Waals surface area contributed by atoms with Crippen LogP contribution < -0.4 is 10.5 Å². The highest BCUT2D eigenvalue weighted by atomic mass is 79.9. The number of nitrogens with two attached hydrogens (primary N) is 1. The van der Waals surface area contributed by atoms with E-state index in [0.29, 0.717) is 8.95 Å². The highest BCUT2D eigenvalue weighted by Crippen LogP contribution is 2.25. The minimum absolute atomic E-state index is 0.175. The lowest BCUT2D eigenvalue weighted by Crippen LogP contribution is -2.45. The number of sulfonamides is 1. The van der Waals surface area contributed by atoms with Crippen LogP contribution in [0.5, 0.6) is 0 Å². The molecule has 0 saturated carbocycles. The molecule has 0 aromatic heterocycles. The molecule has 7 heteroatoms. The van der Waals surface area contributed by atoms with Gasteiger partial charge in [0.1, 0.15) is 0 Å². The van der Waals surface area contributed by atoms with Crippen LogP contribution in [0, 0.1) is 0 Å². The molecule has 0 aliphatic carbocycles. The zero-order valence-electron chi connectivity index (χ0n) is 9.50. The second kappa shape index (κ2) is 5.36. The summed E-state index contributed by atoms with van der Waals surface area (Å²) in [6.45, 7) is 3.69. The van der Waals surface area contributed by atoms with Crippen LogP contribution >= 0.6 is 31.9 Å². The van der Waals surface area contributed by atoms with Crippen molar-refractivity contribution in [2.75, 3.05) is 6.54 Å². The Morgan fingerprint density at radius 3 is 2.47 bits per heavy atom. The van der Waals surface area contributed by atoms with Crippen LogP contribution in [0.2, 0.25) is 0 Å². The van der Waals surface area contributed by atoms with Gasteiger partial charge in [0, 0.05) is 21.0 Å². The minimum Gasteiger partial charge on any atom is -0.324 e. The molecule has 3 N–H and O–H groups in total. The molecule has 0 unspecified atom stereocenters. The normalized spacial score (nSPS) is 12.8. The van der Waals surface area contributed by atoms with E-state index in [4.69, 9.17) is 5.73 Å². The largest absolute Gasteiger partial charge is 0.324 e. The molecule has 0 heterocycles. The van der Waals surface area contributed by atoms with Crippen LogP contribution in [-0.4, -0.2) is 20.5 Å². The average molecular weight is 386 g/mol. The predicted molar refractivity (Wildman–Crippen MR) is 75.3 cm³/mol. The molecule has 0 spiro atoms. The molecule has 1 aromatic carbocycles. The Balaban J connectivity index is 3.02. The van der Waals surface area contributed by atoms with Gasteiger partial charge in [-0.25, -0.2) is 13.1 Å². The summed E-state index contributed by atoms with van der Waals surface area (Å²) in [5.74, 6) is 0. The van der Waals surface area contributed by atoms with Crippen LogP contribution in [-0.2, 0) is 10.0 Å². The lowest BCUT2D eigenvalue weighted by Gasteiger charge is -2.19. The quantitative estimate of drug-likeness (QED) is 0.834. The van der Waals surface area contributed by atoms with E-state index >= 15 is 0 Å². The Bertz CT molecular complexity index is 510. The van der Waals surface area contributed by atoms with Crippen LogP contribution in [0.15, 0.2) is 32.0 Å². The molecule has 0 radical (unpaired) electrons. The van der Waals surface area contributed by atoms with E-state index in [-0.39, 0.29) is 11.4 Å². The van der Waals surface area contributed by atoms with Crippen molar-refractivity contribution < 1.29 is 8.42 Å². The number of halogens is 2. The zero-order valence-corrected chi connectivity index (χ0v) is 13.5. The molecule has 0 atom stereocenters. The molecule has 0 aliphatic heterocycles. The van der Waals surface area contributed by atoms with Crippen molar-refractivity contribution in [3.8, 4) is 0 Å². The third-order valence-corrected chi connectivity index (χ3v) is 4.79. The Morgan fingerprint density at radius 1 is 1.35 bits per heavy atom. The van der Waals surface area contributed by atoms with Crippen molar-refractivity contribution >= 4 is 41.9 Å². The molecule has 0 aliphatic rings. The minimum atomic E-state index is -3.55.